The molecule has 51 heavy (non-hydrogen) atoms. The van der Waals surface area contributed by atoms with Crippen molar-refractivity contribution in [2.45, 2.75) is 19.3 Å². The quantitative estimate of drug-likeness (QED) is 0.176. The molecule has 8 aromatic carbocycles. The van der Waals surface area contributed by atoms with Gasteiger partial charge in [0.2, 0.25) is 0 Å². The van der Waals surface area contributed by atoms with Gasteiger partial charge in [-0.15, -0.1) is 11.3 Å². The third kappa shape index (κ3) is 4.67. The highest BCUT2D eigenvalue weighted by Crippen LogP contribution is 2.51. The molecule has 1 nitrogen and oxygen atoms in total. The van der Waals surface area contributed by atoms with Gasteiger partial charge in [-0.1, -0.05) is 153 Å². The molecule has 9 aromatic rings. The van der Waals surface area contributed by atoms with E-state index >= 15 is 0 Å². The summed E-state index contributed by atoms with van der Waals surface area (Å²) >= 11 is 1.90. The van der Waals surface area contributed by atoms with Crippen LogP contribution in [0, 0.1) is 0 Å². The van der Waals surface area contributed by atoms with Crippen molar-refractivity contribution in [3.05, 3.63) is 187 Å². The topological polar surface area (TPSA) is 3.24 Å². The average Bonchev–Trinajstić information content (AvgIpc) is 3.68. The van der Waals surface area contributed by atoms with Crippen molar-refractivity contribution >= 4 is 59.3 Å². The maximum atomic E-state index is 2.44. The Morgan fingerprint density at radius 3 is 1.98 bits per heavy atom. The molecule has 0 saturated carbocycles. The average molecular weight is 670 g/mol. The van der Waals surface area contributed by atoms with Crippen LogP contribution in [0.3, 0.4) is 0 Å². The second-order valence-corrected chi connectivity index (χ2v) is 15.2. The minimum Gasteiger partial charge on any atom is -0.310 e. The third-order valence-electron chi connectivity index (χ3n) is 10.9. The van der Waals surface area contributed by atoms with Crippen LogP contribution in [0.1, 0.15) is 25.0 Å². The molecule has 1 aromatic heterocycles. The zero-order chi connectivity index (χ0) is 34.1. The first-order valence-corrected chi connectivity index (χ1v) is 18.5. The van der Waals surface area contributed by atoms with E-state index in [-0.39, 0.29) is 5.41 Å². The van der Waals surface area contributed by atoms with Crippen molar-refractivity contribution in [2.75, 3.05) is 4.90 Å². The third-order valence-corrected chi connectivity index (χ3v) is 12.1. The molecule has 2 heteroatoms. The fourth-order valence-corrected chi connectivity index (χ4v) is 9.64. The van der Waals surface area contributed by atoms with E-state index in [9.17, 15) is 0 Å². The lowest BCUT2D eigenvalue weighted by molar-refractivity contribution is 0.660. The molecule has 0 amide bonds. The maximum Gasteiger partial charge on any atom is 0.0540 e. The highest BCUT2D eigenvalue weighted by molar-refractivity contribution is 7.26. The standard InChI is InChI=1S/C49H35NS/c1-49(2)43-20-10-8-18-40(43)41-30-28-36(31-44(41)49)50(45-21-11-9-16-37(45)32-13-4-3-5-14-32)35-26-23-34(24-27-35)38-19-12-22-46-47(38)42-29-25-33-15-6-7-17-39(33)48(42)51-46/h3-31H,1-2H3. The lowest BCUT2D eigenvalue weighted by Crippen LogP contribution is -2.16. The van der Waals surface area contributed by atoms with Crippen LogP contribution in [0.4, 0.5) is 17.1 Å². The lowest BCUT2D eigenvalue weighted by Gasteiger charge is -2.30. The van der Waals surface area contributed by atoms with E-state index in [0.29, 0.717) is 0 Å². The van der Waals surface area contributed by atoms with Crippen molar-refractivity contribution in [3.8, 4) is 33.4 Å². The Bertz CT molecular complexity index is 2770. The van der Waals surface area contributed by atoms with Gasteiger partial charge in [0.25, 0.3) is 0 Å². The molecule has 0 bridgehead atoms. The Labute approximate surface area is 302 Å². The number of rotatable bonds is 5. The first-order valence-electron chi connectivity index (χ1n) is 17.7. The molecule has 0 atom stereocenters. The Balaban J connectivity index is 1.14. The molecule has 1 aliphatic carbocycles. The van der Waals surface area contributed by atoms with Crippen LogP contribution in [-0.4, -0.2) is 0 Å². The van der Waals surface area contributed by atoms with Gasteiger partial charge in [0.05, 0.1) is 5.69 Å². The monoisotopic (exact) mass is 669 g/mol. The van der Waals surface area contributed by atoms with Crippen LogP contribution >= 0.6 is 11.3 Å². The molecule has 0 fully saturated rings. The smallest absolute Gasteiger partial charge is 0.0540 e. The van der Waals surface area contributed by atoms with Crippen LogP contribution in [0.2, 0.25) is 0 Å². The molecule has 0 aliphatic heterocycles. The van der Waals surface area contributed by atoms with Gasteiger partial charge in [-0.25, -0.2) is 0 Å². The summed E-state index contributed by atoms with van der Waals surface area (Å²) in [4.78, 5) is 2.44. The largest absolute Gasteiger partial charge is 0.310 e. The lowest BCUT2D eigenvalue weighted by atomic mass is 9.82. The van der Waals surface area contributed by atoms with E-state index in [1.165, 1.54) is 75.5 Å². The van der Waals surface area contributed by atoms with Gasteiger partial charge in [-0.3, -0.25) is 0 Å². The fraction of sp³-hybridized carbons (Fsp3) is 0.0612. The minimum absolute atomic E-state index is 0.0935. The van der Waals surface area contributed by atoms with Crippen LogP contribution < -0.4 is 4.90 Å². The van der Waals surface area contributed by atoms with Crippen molar-refractivity contribution < 1.29 is 0 Å². The van der Waals surface area contributed by atoms with E-state index in [1.54, 1.807) is 0 Å². The summed E-state index contributed by atoms with van der Waals surface area (Å²) in [5.41, 5.74) is 13.7. The number of para-hydroxylation sites is 1. The van der Waals surface area contributed by atoms with E-state index in [0.717, 1.165) is 17.1 Å². The van der Waals surface area contributed by atoms with Gasteiger partial charge in [0, 0.05) is 42.5 Å². The second-order valence-electron chi connectivity index (χ2n) is 14.1. The zero-order valence-corrected chi connectivity index (χ0v) is 29.4. The Hall–Kier alpha value is -5.96. The van der Waals surface area contributed by atoms with Gasteiger partial charge in [0.15, 0.2) is 0 Å². The summed E-state index contributed by atoms with van der Waals surface area (Å²) in [6.07, 6.45) is 0. The molecule has 1 heterocycles. The van der Waals surface area contributed by atoms with Gasteiger partial charge in [-0.05, 0) is 86.1 Å². The van der Waals surface area contributed by atoms with E-state index in [1.807, 2.05) is 11.3 Å². The van der Waals surface area contributed by atoms with Crippen molar-refractivity contribution in [2.24, 2.45) is 0 Å². The molecule has 0 N–H and O–H groups in total. The molecule has 1 aliphatic rings. The van der Waals surface area contributed by atoms with Gasteiger partial charge in [0.1, 0.15) is 0 Å². The predicted octanol–water partition coefficient (Wildman–Crippen LogP) is 14.3. The first kappa shape index (κ1) is 29.9. The summed E-state index contributed by atoms with van der Waals surface area (Å²) in [6, 6.07) is 64.7. The molecule has 242 valence electrons. The van der Waals surface area contributed by atoms with Crippen molar-refractivity contribution in [1.29, 1.82) is 0 Å². The van der Waals surface area contributed by atoms with Crippen LogP contribution in [-0.2, 0) is 5.41 Å². The van der Waals surface area contributed by atoms with Gasteiger partial charge >= 0.3 is 0 Å². The highest BCUT2D eigenvalue weighted by atomic mass is 32.1. The molecular weight excluding hydrogens is 635 g/mol. The molecule has 0 radical (unpaired) electrons. The Morgan fingerprint density at radius 1 is 0.451 bits per heavy atom. The molecule has 0 saturated heterocycles. The van der Waals surface area contributed by atoms with E-state index in [4.69, 9.17) is 0 Å². The Kier molecular flexibility index (Phi) is 6.78. The first-order chi connectivity index (χ1) is 25.1. The SMILES string of the molecule is CC1(C)c2ccccc2-c2ccc(N(c3ccc(-c4cccc5sc6c7ccccc7ccc6c45)cc3)c3ccccc3-c3ccccc3)cc21. The zero-order valence-electron chi connectivity index (χ0n) is 28.6. The fourth-order valence-electron chi connectivity index (χ4n) is 8.37. The van der Waals surface area contributed by atoms with Crippen molar-refractivity contribution in [3.63, 3.8) is 0 Å². The van der Waals surface area contributed by atoms with Gasteiger partial charge in [-0.2, -0.15) is 0 Å². The summed E-state index contributed by atoms with van der Waals surface area (Å²) in [5, 5.41) is 5.28. The summed E-state index contributed by atoms with van der Waals surface area (Å²) in [6.45, 7) is 4.71. The number of nitrogens with zero attached hydrogens (tertiary/aromatic N) is 1. The molecule has 0 unspecified atom stereocenters. The highest BCUT2D eigenvalue weighted by Gasteiger charge is 2.35. The normalized spacial score (nSPS) is 13.1. The van der Waals surface area contributed by atoms with Crippen LogP contribution in [0.25, 0.3) is 64.3 Å². The van der Waals surface area contributed by atoms with Crippen LogP contribution in [0.15, 0.2) is 176 Å². The summed E-state index contributed by atoms with van der Waals surface area (Å²) < 4.78 is 2.68. The summed E-state index contributed by atoms with van der Waals surface area (Å²) in [5.74, 6) is 0. The number of thiophene rings is 1. The molecule has 10 rings (SSSR count). The number of hydrogen-bond donors (Lipinski definition) is 0. The number of anilines is 3. The van der Waals surface area contributed by atoms with E-state index < -0.39 is 0 Å². The Morgan fingerprint density at radius 2 is 1.12 bits per heavy atom. The van der Waals surface area contributed by atoms with Crippen LogP contribution in [0.5, 0.6) is 0 Å². The predicted molar refractivity (Wildman–Crippen MR) is 220 cm³/mol. The number of fused-ring (bicyclic) bond motifs is 8. The maximum absolute atomic E-state index is 2.44. The number of hydrogen-bond acceptors (Lipinski definition) is 2. The minimum atomic E-state index is -0.0935. The number of benzene rings is 8. The van der Waals surface area contributed by atoms with E-state index in [2.05, 4.69) is 195 Å². The molecule has 0 spiro atoms. The van der Waals surface area contributed by atoms with Gasteiger partial charge < -0.3 is 4.90 Å². The molecular formula is C49H35NS. The summed E-state index contributed by atoms with van der Waals surface area (Å²) in [7, 11) is 0. The second kappa shape index (κ2) is 11.6. The van der Waals surface area contributed by atoms with Crippen molar-refractivity contribution in [1.82, 2.24) is 0 Å².